The minimum absolute atomic E-state index is 0.577. The van der Waals surface area contributed by atoms with E-state index >= 15 is 0 Å². The van der Waals surface area contributed by atoms with E-state index in [0.29, 0.717) is 11.6 Å². The summed E-state index contributed by atoms with van der Waals surface area (Å²) in [7, 11) is 1.65. The second-order valence-electron chi connectivity index (χ2n) is 4.96. The van der Waals surface area contributed by atoms with E-state index in [1.165, 1.54) is 0 Å². The van der Waals surface area contributed by atoms with Gasteiger partial charge in [0.25, 0.3) is 0 Å². The van der Waals surface area contributed by atoms with E-state index < -0.39 is 0 Å². The second kappa shape index (κ2) is 6.34. The van der Waals surface area contributed by atoms with Crippen LogP contribution in [0, 0.1) is 0 Å². The van der Waals surface area contributed by atoms with Crippen molar-refractivity contribution in [2.75, 3.05) is 13.7 Å². The van der Waals surface area contributed by atoms with Crippen molar-refractivity contribution in [1.82, 2.24) is 14.5 Å². The van der Waals surface area contributed by atoms with Gasteiger partial charge in [0.2, 0.25) is 0 Å². The molecule has 2 aromatic heterocycles. The summed E-state index contributed by atoms with van der Waals surface area (Å²) in [6, 6.07) is 9.64. The van der Waals surface area contributed by atoms with Crippen LogP contribution in [0.5, 0.6) is 5.75 Å². The lowest BCUT2D eigenvalue weighted by atomic mass is 10.2. The molecule has 0 aliphatic heterocycles. The molecule has 6 heteroatoms. The van der Waals surface area contributed by atoms with E-state index in [0.717, 1.165) is 41.3 Å². The lowest BCUT2D eigenvalue weighted by Gasteiger charge is -2.09. The smallest absolute Gasteiger partial charge is 0.160 e. The molecule has 114 valence electrons. The van der Waals surface area contributed by atoms with Gasteiger partial charge in [-0.3, -0.25) is 0 Å². The fraction of sp³-hybridized carbons (Fsp3) is 0.250. The fourth-order valence-electron chi connectivity index (χ4n) is 2.43. The monoisotopic (exact) mass is 316 g/mol. The third kappa shape index (κ3) is 2.77. The van der Waals surface area contributed by atoms with Crippen LogP contribution in [0.3, 0.4) is 0 Å². The maximum absolute atomic E-state index is 6.03. The van der Waals surface area contributed by atoms with E-state index in [1.807, 2.05) is 30.3 Å². The number of nitrogens with zero attached hydrogens (tertiary/aromatic N) is 3. The maximum Gasteiger partial charge on any atom is 0.160 e. The number of aryl methyl sites for hydroxylation is 1. The highest BCUT2D eigenvalue weighted by Crippen LogP contribution is 2.27. The molecule has 0 aliphatic carbocycles. The average molecular weight is 317 g/mol. The molecular weight excluding hydrogens is 300 g/mol. The number of ether oxygens (including phenoxy) is 1. The van der Waals surface area contributed by atoms with Crippen LogP contribution < -0.4 is 10.5 Å². The predicted octanol–water partition coefficient (Wildman–Crippen LogP) is 3.11. The molecule has 0 aliphatic rings. The molecule has 5 nitrogen and oxygen atoms in total. The molecule has 0 amide bonds. The van der Waals surface area contributed by atoms with Gasteiger partial charge in [0.1, 0.15) is 17.1 Å². The van der Waals surface area contributed by atoms with Gasteiger partial charge in [-0.2, -0.15) is 0 Å². The standard InChI is InChI=1S/C16H17ClN4O/c1-22-13-5-2-4-11(8-13)15-20-14-9-12(17)10-19-16(14)21(15)7-3-6-18/h2,4-5,8-10H,3,6-7,18H2,1H3. The van der Waals surface area contributed by atoms with Crippen molar-refractivity contribution in [3.05, 3.63) is 41.6 Å². The predicted molar refractivity (Wildman–Crippen MR) is 88.2 cm³/mol. The number of nitrogens with two attached hydrogens (primary N) is 1. The number of imidazole rings is 1. The maximum atomic E-state index is 6.03. The number of halogens is 1. The summed E-state index contributed by atoms with van der Waals surface area (Å²) in [5.74, 6) is 1.64. The molecular formula is C16H17ClN4O. The summed E-state index contributed by atoms with van der Waals surface area (Å²) in [6.07, 6.45) is 2.49. The third-order valence-corrected chi connectivity index (χ3v) is 3.67. The van der Waals surface area contributed by atoms with Gasteiger partial charge in [0, 0.05) is 18.3 Å². The number of hydrogen-bond donors (Lipinski definition) is 1. The minimum atomic E-state index is 0.577. The highest BCUT2D eigenvalue weighted by Gasteiger charge is 2.14. The normalized spacial score (nSPS) is 11.0. The molecule has 0 fully saturated rings. The van der Waals surface area contributed by atoms with Gasteiger partial charge in [0.05, 0.1) is 12.1 Å². The van der Waals surface area contributed by atoms with Crippen LogP contribution in [0.4, 0.5) is 0 Å². The molecule has 0 spiro atoms. The first-order chi connectivity index (χ1) is 10.7. The van der Waals surface area contributed by atoms with Gasteiger partial charge in [-0.1, -0.05) is 23.7 Å². The zero-order valence-corrected chi connectivity index (χ0v) is 13.0. The minimum Gasteiger partial charge on any atom is -0.497 e. The quantitative estimate of drug-likeness (QED) is 0.785. The van der Waals surface area contributed by atoms with Crippen LogP contribution in [-0.4, -0.2) is 28.2 Å². The summed E-state index contributed by atoms with van der Waals surface area (Å²) in [5.41, 5.74) is 8.23. The SMILES string of the molecule is COc1cccc(-c2nc3cc(Cl)cnc3n2CCCN)c1. The van der Waals surface area contributed by atoms with E-state index in [1.54, 1.807) is 13.3 Å². The van der Waals surface area contributed by atoms with E-state index in [4.69, 9.17) is 27.1 Å². The lowest BCUT2D eigenvalue weighted by Crippen LogP contribution is -2.07. The molecule has 0 radical (unpaired) electrons. The first-order valence-corrected chi connectivity index (χ1v) is 7.47. The van der Waals surface area contributed by atoms with Crippen LogP contribution in [0.15, 0.2) is 36.5 Å². The van der Waals surface area contributed by atoms with Crippen molar-refractivity contribution >= 4 is 22.8 Å². The molecule has 2 N–H and O–H groups in total. The summed E-state index contributed by atoms with van der Waals surface area (Å²) in [4.78, 5) is 9.11. The number of fused-ring (bicyclic) bond motifs is 1. The second-order valence-corrected chi connectivity index (χ2v) is 5.39. The Labute approximate surface area is 133 Å². The van der Waals surface area contributed by atoms with Crippen molar-refractivity contribution in [2.24, 2.45) is 5.73 Å². The molecule has 1 aromatic carbocycles. The number of rotatable bonds is 5. The van der Waals surface area contributed by atoms with Gasteiger partial charge in [0.15, 0.2) is 5.65 Å². The first kappa shape index (κ1) is 14.8. The zero-order valence-electron chi connectivity index (χ0n) is 12.3. The van der Waals surface area contributed by atoms with E-state index in [9.17, 15) is 0 Å². The third-order valence-electron chi connectivity index (χ3n) is 3.47. The Hall–Kier alpha value is -2.11. The zero-order chi connectivity index (χ0) is 15.5. The highest BCUT2D eigenvalue weighted by molar-refractivity contribution is 6.31. The van der Waals surface area contributed by atoms with Crippen molar-refractivity contribution in [3.63, 3.8) is 0 Å². The van der Waals surface area contributed by atoms with Crippen molar-refractivity contribution in [3.8, 4) is 17.1 Å². The highest BCUT2D eigenvalue weighted by atomic mass is 35.5. The molecule has 0 bridgehead atoms. The van der Waals surface area contributed by atoms with Crippen LogP contribution in [-0.2, 0) is 6.54 Å². The topological polar surface area (TPSA) is 66.0 Å². The summed E-state index contributed by atoms with van der Waals surface area (Å²) >= 11 is 6.03. The van der Waals surface area contributed by atoms with Gasteiger partial charge in [-0.05, 0) is 31.2 Å². The average Bonchev–Trinajstić information content (AvgIpc) is 2.90. The summed E-state index contributed by atoms with van der Waals surface area (Å²) in [5, 5.41) is 0.577. The molecule has 3 rings (SSSR count). The van der Waals surface area contributed by atoms with Crippen molar-refractivity contribution in [1.29, 1.82) is 0 Å². The van der Waals surface area contributed by atoms with Gasteiger partial charge >= 0.3 is 0 Å². The van der Waals surface area contributed by atoms with Crippen molar-refractivity contribution in [2.45, 2.75) is 13.0 Å². The number of pyridine rings is 1. The molecule has 3 aromatic rings. The number of hydrogen-bond acceptors (Lipinski definition) is 4. The number of aromatic nitrogens is 3. The van der Waals surface area contributed by atoms with Crippen molar-refractivity contribution < 1.29 is 4.74 Å². The van der Waals surface area contributed by atoms with Crippen LogP contribution in [0.2, 0.25) is 5.02 Å². The Morgan fingerprint density at radius 2 is 2.18 bits per heavy atom. The molecule has 22 heavy (non-hydrogen) atoms. The van der Waals surface area contributed by atoms with Crippen LogP contribution in [0.25, 0.3) is 22.6 Å². The Kier molecular flexibility index (Phi) is 4.27. The number of methoxy groups -OCH3 is 1. The van der Waals surface area contributed by atoms with Gasteiger partial charge in [-0.15, -0.1) is 0 Å². The molecule has 0 saturated carbocycles. The molecule has 0 saturated heterocycles. The Balaban J connectivity index is 2.17. The molecule has 2 heterocycles. The Morgan fingerprint density at radius 3 is 2.95 bits per heavy atom. The van der Waals surface area contributed by atoms with Crippen LogP contribution in [0.1, 0.15) is 6.42 Å². The Morgan fingerprint density at radius 1 is 1.32 bits per heavy atom. The molecule has 0 atom stereocenters. The summed E-state index contributed by atoms with van der Waals surface area (Å²) < 4.78 is 7.37. The first-order valence-electron chi connectivity index (χ1n) is 7.09. The number of benzene rings is 1. The van der Waals surface area contributed by atoms with E-state index in [-0.39, 0.29) is 0 Å². The van der Waals surface area contributed by atoms with Crippen LogP contribution >= 0.6 is 11.6 Å². The summed E-state index contributed by atoms with van der Waals surface area (Å²) in [6.45, 7) is 1.37. The van der Waals surface area contributed by atoms with Gasteiger partial charge in [-0.25, -0.2) is 9.97 Å². The molecule has 0 unspecified atom stereocenters. The lowest BCUT2D eigenvalue weighted by molar-refractivity contribution is 0.415. The van der Waals surface area contributed by atoms with E-state index in [2.05, 4.69) is 9.55 Å². The fourth-order valence-corrected chi connectivity index (χ4v) is 2.58. The van der Waals surface area contributed by atoms with Gasteiger partial charge < -0.3 is 15.0 Å². The Bertz CT molecular complexity index is 800. The largest absolute Gasteiger partial charge is 0.497 e.